The third-order valence-corrected chi connectivity index (χ3v) is 9.85. The second-order valence-electron chi connectivity index (χ2n) is 9.45. The van der Waals surface area contributed by atoms with Gasteiger partial charge in [-0.05, 0) is 79.4 Å². The second-order valence-corrected chi connectivity index (χ2v) is 13.4. The Balaban J connectivity index is 1.96. The van der Waals surface area contributed by atoms with E-state index < -0.39 is 16.8 Å². The van der Waals surface area contributed by atoms with Crippen LogP contribution in [0.1, 0.15) is 37.8 Å². The van der Waals surface area contributed by atoms with Crippen molar-refractivity contribution in [2.75, 3.05) is 0 Å². The summed E-state index contributed by atoms with van der Waals surface area (Å²) in [6, 6.07) is 28.6. The largest absolute Gasteiger partial charge is 0.106 e. The molecule has 0 bridgehead atoms. The minimum atomic E-state index is -0.939. The van der Waals surface area contributed by atoms with E-state index in [1.165, 1.54) is 43.1 Å². The Labute approximate surface area is 217 Å². The van der Waals surface area contributed by atoms with E-state index >= 15 is 0 Å². The van der Waals surface area contributed by atoms with E-state index in [1.54, 1.807) is 0 Å². The Morgan fingerprint density at radius 2 is 0.861 bits per heavy atom. The van der Waals surface area contributed by atoms with Gasteiger partial charge in [0.1, 0.15) is 0 Å². The van der Waals surface area contributed by atoms with E-state index in [0.29, 0.717) is 0 Å². The fourth-order valence-electron chi connectivity index (χ4n) is 4.90. The first kappa shape index (κ1) is 24.1. The topological polar surface area (TPSA) is 0 Å². The monoisotopic (exact) mass is 494 g/mol. The molecule has 0 nitrogen and oxygen atoms in total. The summed E-state index contributed by atoms with van der Waals surface area (Å²) < 4.78 is 0. The van der Waals surface area contributed by atoms with Gasteiger partial charge in [0.25, 0.3) is 0 Å². The summed E-state index contributed by atoms with van der Waals surface area (Å²) >= 11 is 0. The summed E-state index contributed by atoms with van der Waals surface area (Å²) in [7, 11) is -1.88. The molecule has 0 N–H and O–H groups in total. The van der Waals surface area contributed by atoms with Crippen molar-refractivity contribution in [3.63, 3.8) is 0 Å². The first-order chi connectivity index (χ1) is 17.6. The van der Waals surface area contributed by atoms with E-state index in [1.807, 2.05) is 0 Å². The van der Waals surface area contributed by atoms with Gasteiger partial charge in [-0.1, -0.05) is 87.1 Å². The van der Waals surface area contributed by atoms with Crippen LogP contribution in [-0.2, 0) is 0 Å². The summed E-state index contributed by atoms with van der Waals surface area (Å²) in [5, 5.41) is 9.67. The van der Waals surface area contributed by atoms with Gasteiger partial charge < -0.3 is 0 Å². The molecular formula is C34H30Si2. The predicted molar refractivity (Wildman–Crippen MR) is 166 cm³/mol. The summed E-state index contributed by atoms with van der Waals surface area (Å²) in [6.45, 7) is 4.43. The van der Waals surface area contributed by atoms with Crippen LogP contribution in [0.5, 0.6) is 0 Å². The lowest BCUT2D eigenvalue weighted by Crippen LogP contribution is -1.97. The average Bonchev–Trinajstić information content (AvgIpc) is 2.89. The first-order valence-electron chi connectivity index (χ1n) is 12.8. The molecule has 0 unspecified atom stereocenters. The normalized spacial score (nSPS) is 10.7. The van der Waals surface area contributed by atoms with Crippen molar-refractivity contribution < 1.29 is 0 Å². The standard InChI is InChI=1S/C34H30Si2/c1-5-17-35(3)19-15-29-31-21-25-11-7-9-13-27(25)23-33(31)30(16-20-36(4)18-6-2)34-24-28-14-10-8-12-26(28)22-32(29)34/h7-14,21-24H,3-6,17-18H2,1-2H3. The van der Waals surface area contributed by atoms with Crippen LogP contribution in [0.3, 0.4) is 0 Å². The fourth-order valence-corrected chi connectivity index (χ4v) is 6.96. The Morgan fingerprint density at radius 1 is 0.556 bits per heavy atom. The van der Waals surface area contributed by atoms with Crippen LogP contribution >= 0.6 is 0 Å². The van der Waals surface area contributed by atoms with Gasteiger partial charge in [0.05, 0.1) is 16.8 Å². The molecule has 0 spiro atoms. The molecule has 0 aliphatic carbocycles. The third kappa shape index (κ3) is 4.76. The second kappa shape index (κ2) is 10.6. The van der Waals surface area contributed by atoms with Crippen LogP contribution in [0.2, 0.25) is 12.1 Å². The maximum atomic E-state index is 4.39. The summed E-state index contributed by atoms with van der Waals surface area (Å²) in [6.07, 6.45) is 11.0. The van der Waals surface area contributed by atoms with Gasteiger partial charge in [0.15, 0.2) is 0 Å². The van der Waals surface area contributed by atoms with Crippen molar-refractivity contribution in [2.24, 2.45) is 0 Å². The van der Waals surface area contributed by atoms with Gasteiger partial charge in [-0.25, -0.2) is 0 Å². The summed E-state index contributed by atoms with van der Waals surface area (Å²) in [5.41, 5.74) is 9.35. The Bertz CT molecular complexity index is 1570. The van der Waals surface area contributed by atoms with Crippen molar-refractivity contribution in [3.05, 3.63) is 83.9 Å². The van der Waals surface area contributed by atoms with E-state index in [4.69, 9.17) is 0 Å². The Morgan fingerprint density at radius 3 is 1.14 bits per heavy atom. The minimum absolute atomic E-state index is 0.939. The highest BCUT2D eigenvalue weighted by Gasteiger charge is 2.14. The molecule has 0 radical (unpaired) electrons. The lowest BCUT2D eigenvalue weighted by atomic mass is 9.89. The third-order valence-electron chi connectivity index (χ3n) is 6.68. The van der Waals surface area contributed by atoms with Crippen molar-refractivity contribution in [3.8, 4) is 22.9 Å². The van der Waals surface area contributed by atoms with Gasteiger partial charge in [0.2, 0.25) is 0 Å². The Hall–Kier alpha value is -3.57. The zero-order valence-corrected chi connectivity index (χ0v) is 23.2. The van der Waals surface area contributed by atoms with Crippen molar-refractivity contribution in [1.82, 2.24) is 0 Å². The van der Waals surface area contributed by atoms with Crippen molar-refractivity contribution in [1.29, 1.82) is 0 Å². The van der Waals surface area contributed by atoms with Crippen LogP contribution in [0.4, 0.5) is 0 Å². The van der Waals surface area contributed by atoms with Crippen LogP contribution < -0.4 is 0 Å². The molecule has 0 aliphatic heterocycles. The maximum Gasteiger partial charge on any atom is 0.0963 e. The van der Waals surface area contributed by atoms with Gasteiger partial charge in [-0.3, -0.25) is 0 Å². The molecule has 0 atom stereocenters. The average molecular weight is 495 g/mol. The number of rotatable bonds is 4. The predicted octanol–water partition coefficient (Wildman–Crippen LogP) is 7.92. The number of hydrogen-bond acceptors (Lipinski definition) is 0. The number of benzene rings is 5. The lowest BCUT2D eigenvalue weighted by molar-refractivity contribution is 1.08. The van der Waals surface area contributed by atoms with Crippen molar-refractivity contribution in [2.45, 2.75) is 38.8 Å². The fraction of sp³-hybridized carbons (Fsp3) is 0.176. The summed E-state index contributed by atoms with van der Waals surface area (Å²) in [4.78, 5) is 0. The molecule has 5 rings (SSSR count). The van der Waals surface area contributed by atoms with Crippen LogP contribution in [0.15, 0.2) is 72.8 Å². The molecular weight excluding hydrogens is 465 g/mol. The van der Waals surface area contributed by atoms with E-state index in [0.717, 1.165) is 36.1 Å². The SMILES string of the molecule is C=[Si](C#Cc1c2cc3ccccc3cc2c(C#C[Si](=C)CCC)c2cc3ccccc3cc12)CCC. The highest BCUT2D eigenvalue weighted by atomic mass is 28.2. The molecule has 0 aliphatic rings. The Kier molecular flexibility index (Phi) is 7.10. The molecule has 0 fully saturated rings. The summed E-state index contributed by atoms with van der Waals surface area (Å²) in [5.74, 6) is 7.27. The van der Waals surface area contributed by atoms with Gasteiger partial charge in [0, 0.05) is 11.1 Å². The molecule has 5 aromatic rings. The number of fused-ring (bicyclic) bond motifs is 4. The lowest BCUT2D eigenvalue weighted by Gasteiger charge is -2.14. The zero-order valence-electron chi connectivity index (χ0n) is 21.2. The highest BCUT2D eigenvalue weighted by molar-refractivity contribution is 6.70. The number of hydrogen-bond donors (Lipinski definition) is 0. The zero-order chi connectivity index (χ0) is 25.1. The molecule has 174 valence electrons. The quantitative estimate of drug-likeness (QED) is 0.135. The molecule has 36 heavy (non-hydrogen) atoms. The molecule has 0 amide bonds. The highest BCUT2D eigenvalue weighted by Crippen LogP contribution is 2.37. The van der Waals surface area contributed by atoms with Gasteiger partial charge in [-0.15, -0.1) is 23.4 Å². The van der Waals surface area contributed by atoms with E-state index in [9.17, 15) is 0 Å². The first-order valence-corrected chi connectivity index (χ1v) is 16.6. The molecule has 5 aromatic carbocycles. The van der Waals surface area contributed by atoms with E-state index in [2.05, 4.69) is 122 Å². The molecule has 0 aromatic heterocycles. The molecule has 0 heterocycles. The van der Waals surface area contributed by atoms with Gasteiger partial charge >= 0.3 is 0 Å². The minimum Gasteiger partial charge on any atom is -0.106 e. The van der Waals surface area contributed by atoms with Crippen LogP contribution in [-0.4, -0.2) is 29.2 Å². The molecule has 0 saturated carbocycles. The van der Waals surface area contributed by atoms with Crippen LogP contribution in [0.25, 0.3) is 43.1 Å². The molecule has 0 saturated heterocycles. The maximum absolute atomic E-state index is 4.39. The smallest absolute Gasteiger partial charge is 0.0963 e. The van der Waals surface area contributed by atoms with Gasteiger partial charge in [-0.2, -0.15) is 0 Å². The van der Waals surface area contributed by atoms with Crippen LogP contribution in [0, 0.1) is 22.9 Å². The molecule has 2 heteroatoms. The van der Waals surface area contributed by atoms with E-state index in [-0.39, 0.29) is 0 Å². The van der Waals surface area contributed by atoms with Crippen molar-refractivity contribution >= 4 is 72.3 Å².